The summed E-state index contributed by atoms with van der Waals surface area (Å²) >= 11 is 6.98. The van der Waals surface area contributed by atoms with E-state index in [1.54, 1.807) is 17.6 Å². The van der Waals surface area contributed by atoms with Gasteiger partial charge in [-0.2, -0.15) is 5.10 Å². The van der Waals surface area contributed by atoms with Gasteiger partial charge in [0, 0.05) is 24.3 Å². The molecular weight excluding hydrogens is 442 g/mol. The highest BCUT2D eigenvalue weighted by Crippen LogP contribution is 2.32. The Hall–Kier alpha value is -3.01. The molecule has 166 valence electrons. The number of nitrogens with zero attached hydrogens (tertiary/aromatic N) is 3. The molecule has 0 radical (unpaired) electrons. The third-order valence-electron chi connectivity index (χ3n) is 4.74. The molecule has 2 aromatic carbocycles. The van der Waals surface area contributed by atoms with Crippen LogP contribution in [0.3, 0.4) is 0 Å². The number of morpholine rings is 1. The summed E-state index contributed by atoms with van der Waals surface area (Å²) in [7, 11) is 0. The van der Waals surface area contributed by atoms with Crippen LogP contribution in [0.4, 0.5) is 10.8 Å². The average Bonchev–Trinajstić information content (AvgIpc) is 3.26. The van der Waals surface area contributed by atoms with Gasteiger partial charge < -0.3 is 19.7 Å². The Labute approximate surface area is 197 Å². The number of thiazole rings is 1. The van der Waals surface area contributed by atoms with Crippen molar-refractivity contribution < 1.29 is 9.47 Å². The van der Waals surface area contributed by atoms with Crippen LogP contribution in [0.15, 0.2) is 59.7 Å². The summed E-state index contributed by atoms with van der Waals surface area (Å²) in [5, 5.41) is 8.85. The van der Waals surface area contributed by atoms with Crippen molar-refractivity contribution in [2.75, 3.05) is 43.1 Å². The molecule has 0 spiro atoms. The van der Waals surface area contributed by atoms with Crippen LogP contribution in [0.1, 0.15) is 11.8 Å². The van der Waals surface area contributed by atoms with Crippen LogP contribution in [0.25, 0.3) is 11.3 Å². The summed E-state index contributed by atoms with van der Waals surface area (Å²) in [6, 6.07) is 17.8. The van der Waals surface area contributed by atoms with Gasteiger partial charge in [-0.05, 0) is 43.4 Å². The van der Waals surface area contributed by atoms with Crippen molar-refractivity contribution >= 4 is 45.7 Å². The lowest BCUT2D eigenvalue weighted by Crippen LogP contribution is -2.36. The highest BCUT2D eigenvalue weighted by Gasteiger charge is 2.18. The molecule has 2 N–H and O–H groups in total. The topological polar surface area (TPSA) is 71.0 Å². The lowest BCUT2D eigenvalue weighted by atomic mass is 10.1. The number of hydrazone groups is 1. The van der Waals surface area contributed by atoms with E-state index >= 15 is 0 Å². The molecule has 0 amide bonds. The van der Waals surface area contributed by atoms with Gasteiger partial charge in [0.15, 0.2) is 10.2 Å². The maximum Gasteiger partial charge on any atom is 0.191 e. The van der Waals surface area contributed by atoms with Gasteiger partial charge in [-0.15, -0.1) is 0 Å². The fraction of sp³-hybridized carbons (Fsp3) is 0.261. The Balaban J connectivity index is 1.44. The Morgan fingerprint density at radius 1 is 1.19 bits per heavy atom. The van der Waals surface area contributed by atoms with E-state index in [0.717, 1.165) is 59.0 Å². The molecule has 32 heavy (non-hydrogen) atoms. The molecular formula is C23H25N5O2S2. The smallest absolute Gasteiger partial charge is 0.191 e. The molecule has 3 aromatic rings. The van der Waals surface area contributed by atoms with Gasteiger partial charge in [0.05, 0.1) is 36.6 Å². The fourth-order valence-electron chi connectivity index (χ4n) is 3.21. The number of thiocarbonyl (C=S) groups is 1. The molecule has 0 bridgehead atoms. The van der Waals surface area contributed by atoms with Gasteiger partial charge in [-0.3, -0.25) is 5.43 Å². The minimum absolute atomic E-state index is 0.407. The number of anilines is 2. The van der Waals surface area contributed by atoms with E-state index in [0.29, 0.717) is 11.7 Å². The zero-order valence-corrected chi connectivity index (χ0v) is 19.4. The molecule has 9 heteroatoms. The molecule has 0 atom stereocenters. The number of nitrogens with one attached hydrogen (secondary N) is 2. The van der Waals surface area contributed by atoms with Crippen LogP contribution in [0.5, 0.6) is 5.75 Å². The number of benzene rings is 2. The maximum absolute atomic E-state index is 5.47. The van der Waals surface area contributed by atoms with E-state index in [1.807, 2.05) is 49.4 Å². The van der Waals surface area contributed by atoms with E-state index in [9.17, 15) is 0 Å². The molecule has 1 aromatic heterocycles. The summed E-state index contributed by atoms with van der Waals surface area (Å²) in [5.74, 6) is 0.824. The minimum Gasteiger partial charge on any atom is -0.494 e. The molecule has 2 heterocycles. The predicted molar refractivity (Wildman–Crippen MR) is 135 cm³/mol. The summed E-state index contributed by atoms with van der Waals surface area (Å²) < 4.78 is 10.9. The summed E-state index contributed by atoms with van der Waals surface area (Å²) in [6.07, 6.45) is 1.77. The van der Waals surface area contributed by atoms with E-state index in [1.165, 1.54) is 0 Å². The second-order valence-electron chi connectivity index (χ2n) is 6.96. The van der Waals surface area contributed by atoms with Gasteiger partial charge in [-0.1, -0.05) is 41.7 Å². The molecule has 1 fully saturated rings. The first kappa shape index (κ1) is 22.2. The highest BCUT2D eigenvalue weighted by atomic mass is 32.1. The maximum atomic E-state index is 5.47. The highest BCUT2D eigenvalue weighted by molar-refractivity contribution is 7.80. The van der Waals surface area contributed by atoms with Crippen LogP contribution >= 0.6 is 23.6 Å². The summed E-state index contributed by atoms with van der Waals surface area (Å²) in [4.78, 5) is 8.12. The van der Waals surface area contributed by atoms with Crippen LogP contribution in [0, 0.1) is 0 Å². The van der Waals surface area contributed by atoms with Crippen LogP contribution < -0.4 is 20.4 Å². The Kier molecular flexibility index (Phi) is 7.65. The molecule has 7 nitrogen and oxygen atoms in total. The standard InChI is InChI=1S/C23H25N5O2S2/c1-2-30-19-10-8-18(9-11-19)25-22(31)27-24-16-20-21(17-6-4-3-5-7-17)26-23(32-20)28-12-14-29-15-13-28/h3-11,16H,2,12-15H2,1H3,(H2,25,27,31). The van der Waals surface area contributed by atoms with Gasteiger partial charge in [0.1, 0.15) is 5.75 Å². The quantitative estimate of drug-likeness (QED) is 0.304. The van der Waals surface area contributed by atoms with Crippen LogP contribution in [-0.2, 0) is 4.74 Å². The lowest BCUT2D eigenvalue weighted by Gasteiger charge is -2.26. The third-order valence-corrected chi connectivity index (χ3v) is 5.99. The normalized spacial score (nSPS) is 13.8. The van der Waals surface area contributed by atoms with Crippen molar-refractivity contribution in [2.24, 2.45) is 5.10 Å². The fourth-order valence-corrected chi connectivity index (χ4v) is 4.39. The lowest BCUT2D eigenvalue weighted by molar-refractivity contribution is 0.122. The number of hydrogen-bond acceptors (Lipinski definition) is 7. The minimum atomic E-state index is 0.407. The van der Waals surface area contributed by atoms with Crippen molar-refractivity contribution in [1.82, 2.24) is 10.4 Å². The number of aromatic nitrogens is 1. The molecule has 0 saturated carbocycles. The zero-order valence-electron chi connectivity index (χ0n) is 17.8. The first-order valence-electron chi connectivity index (χ1n) is 10.4. The first-order chi connectivity index (χ1) is 15.7. The Morgan fingerprint density at radius 3 is 2.66 bits per heavy atom. The van der Waals surface area contributed by atoms with Crippen LogP contribution in [-0.4, -0.2) is 49.2 Å². The molecule has 1 aliphatic rings. The van der Waals surface area contributed by atoms with Crippen molar-refractivity contribution in [3.05, 3.63) is 59.5 Å². The van der Waals surface area contributed by atoms with Gasteiger partial charge >= 0.3 is 0 Å². The van der Waals surface area contributed by atoms with Gasteiger partial charge in [-0.25, -0.2) is 4.98 Å². The number of ether oxygens (including phenoxy) is 2. The van der Waals surface area contributed by atoms with Crippen molar-refractivity contribution in [1.29, 1.82) is 0 Å². The zero-order chi connectivity index (χ0) is 22.2. The Morgan fingerprint density at radius 2 is 1.94 bits per heavy atom. The van der Waals surface area contributed by atoms with Gasteiger partial charge in [0.2, 0.25) is 0 Å². The van der Waals surface area contributed by atoms with Crippen molar-refractivity contribution in [3.8, 4) is 17.0 Å². The monoisotopic (exact) mass is 467 g/mol. The number of hydrogen-bond donors (Lipinski definition) is 2. The molecule has 4 rings (SSSR count). The van der Waals surface area contributed by atoms with E-state index in [4.69, 9.17) is 26.7 Å². The number of rotatable bonds is 7. The first-order valence-corrected chi connectivity index (χ1v) is 11.7. The van der Waals surface area contributed by atoms with Gasteiger partial charge in [0.25, 0.3) is 0 Å². The summed E-state index contributed by atoms with van der Waals surface area (Å²) in [6.45, 7) is 5.71. The molecule has 0 unspecified atom stereocenters. The Bertz CT molecular complexity index is 1050. The third kappa shape index (κ3) is 5.82. The van der Waals surface area contributed by atoms with E-state index in [2.05, 4.69) is 32.9 Å². The van der Waals surface area contributed by atoms with E-state index in [-0.39, 0.29) is 0 Å². The van der Waals surface area contributed by atoms with Crippen molar-refractivity contribution in [3.63, 3.8) is 0 Å². The average molecular weight is 468 g/mol. The summed E-state index contributed by atoms with van der Waals surface area (Å²) in [5.41, 5.74) is 5.72. The molecule has 1 saturated heterocycles. The molecule has 0 aliphatic carbocycles. The molecule has 1 aliphatic heterocycles. The SMILES string of the molecule is CCOc1ccc(NC(=S)NN=Cc2sc(N3CCOCC3)nc2-c2ccccc2)cc1. The van der Waals surface area contributed by atoms with Crippen molar-refractivity contribution in [2.45, 2.75) is 6.92 Å². The largest absolute Gasteiger partial charge is 0.494 e. The predicted octanol–water partition coefficient (Wildman–Crippen LogP) is 4.37. The van der Waals surface area contributed by atoms with Crippen LogP contribution in [0.2, 0.25) is 0 Å². The second-order valence-corrected chi connectivity index (χ2v) is 8.37. The van der Waals surface area contributed by atoms with E-state index < -0.39 is 0 Å². The second kappa shape index (κ2) is 11.0.